The van der Waals surface area contributed by atoms with Crippen molar-refractivity contribution in [2.45, 2.75) is 45.3 Å². The SMILES string of the molecule is COc1cccc(C)c1-n1c(CS(=O)(=O)CCc2ccc(F)cc2C#N)nnc1-c1ccc(C(C)(C)C)o1. The van der Waals surface area contributed by atoms with E-state index in [1.807, 2.05) is 52.0 Å². The first-order valence-corrected chi connectivity index (χ1v) is 13.8. The molecule has 4 rings (SSSR count). The summed E-state index contributed by atoms with van der Waals surface area (Å²) in [5.41, 5.74) is 1.78. The van der Waals surface area contributed by atoms with Gasteiger partial charge in [-0.25, -0.2) is 12.8 Å². The van der Waals surface area contributed by atoms with Crippen LogP contribution in [-0.2, 0) is 27.4 Å². The molecule has 0 saturated carbocycles. The molecule has 10 heteroatoms. The Morgan fingerprint density at radius 3 is 2.55 bits per heavy atom. The quantitative estimate of drug-likeness (QED) is 0.300. The lowest BCUT2D eigenvalue weighted by Gasteiger charge is -2.17. The van der Waals surface area contributed by atoms with Gasteiger partial charge in [0.05, 0.1) is 30.2 Å². The van der Waals surface area contributed by atoms with Gasteiger partial charge in [0.15, 0.2) is 21.4 Å². The van der Waals surface area contributed by atoms with E-state index in [0.717, 1.165) is 17.4 Å². The Morgan fingerprint density at radius 2 is 1.89 bits per heavy atom. The topological polar surface area (TPSA) is 111 Å². The molecule has 0 fully saturated rings. The van der Waals surface area contributed by atoms with Crippen molar-refractivity contribution in [1.29, 1.82) is 5.26 Å². The molecule has 0 aliphatic heterocycles. The summed E-state index contributed by atoms with van der Waals surface area (Å²) in [5, 5.41) is 17.9. The van der Waals surface area contributed by atoms with Crippen molar-refractivity contribution >= 4 is 9.84 Å². The number of hydrogen-bond donors (Lipinski definition) is 0. The molecule has 0 atom stereocenters. The summed E-state index contributed by atoms with van der Waals surface area (Å²) in [6, 6.07) is 14.9. The molecule has 4 aromatic rings. The number of benzene rings is 2. The van der Waals surface area contributed by atoms with Crippen molar-refractivity contribution in [1.82, 2.24) is 14.8 Å². The molecule has 0 saturated heterocycles. The highest BCUT2D eigenvalue weighted by atomic mass is 32.2. The predicted molar refractivity (Wildman–Crippen MR) is 141 cm³/mol. The molecular formula is C28H29FN4O4S. The third-order valence-electron chi connectivity index (χ3n) is 6.16. The Kier molecular flexibility index (Phi) is 7.42. The number of aryl methyl sites for hydroxylation is 2. The Hall–Kier alpha value is -3.97. The Morgan fingerprint density at radius 1 is 1.13 bits per heavy atom. The number of nitrogens with zero attached hydrogens (tertiary/aromatic N) is 4. The minimum atomic E-state index is -3.72. The van der Waals surface area contributed by atoms with Crippen molar-refractivity contribution in [2.75, 3.05) is 12.9 Å². The van der Waals surface area contributed by atoms with Gasteiger partial charge in [-0.3, -0.25) is 4.57 Å². The number of hydrogen-bond acceptors (Lipinski definition) is 7. The second-order valence-corrected chi connectivity index (χ2v) is 12.3. The molecule has 0 spiro atoms. The lowest BCUT2D eigenvalue weighted by atomic mass is 9.94. The van der Waals surface area contributed by atoms with E-state index in [-0.39, 0.29) is 29.0 Å². The maximum absolute atomic E-state index is 13.5. The molecule has 198 valence electrons. The van der Waals surface area contributed by atoms with Gasteiger partial charge in [0.2, 0.25) is 5.82 Å². The molecule has 2 heterocycles. The average molecular weight is 537 g/mol. The van der Waals surface area contributed by atoms with Crippen LogP contribution < -0.4 is 4.74 Å². The van der Waals surface area contributed by atoms with E-state index >= 15 is 0 Å². The van der Waals surface area contributed by atoms with Crippen LogP contribution in [0.15, 0.2) is 52.9 Å². The smallest absolute Gasteiger partial charge is 0.204 e. The Labute approximate surface area is 221 Å². The minimum Gasteiger partial charge on any atom is -0.495 e. The molecule has 0 aliphatic rings. The first kappa shape index (κ1) is 27.1. The van der Waals surface area contributed by atoms with Gasteiger partial charge in [0, 0.05) is 5.41 Å². The van der Waals surface area contributed by atoms with Gasteiger partial charge in [0.25, 0.3) is 0 Å². The van der Waals surface area contributed by atoms with Gasteiger partial charge >= 0.3 is 0 Å². The average Bonchev–Trinajstić information content (AvgIpc) is 3.50. The van der Waals surface area contributed by atoms with Gasteiger partial charge in [-0.15, -0.1) is 10.2 Å². The molecule has 0 unspecified atom stereocenters. The first-order valence-electron chi connectivity index (χ1n) is 12.0. The van der Waals surface area contributed by atoms with Gasteiger partial charge < -0.3 is 9.15 Å². The highest BCUT2D eigenvalue weighted by molar-refractivity contribution is 7.90. The molecule has 2 aromatic heterocycles. The number of methoxy groups -OCH3 is 1. The van der Waals surface area contributed by atoms with E-state index in [1.54, 1.807) is 23.8 Å². The van der Waals surface area contributed by atoms with E-state index in [2.05, 4.69) is 10.2 Å². The fourth-order valence-corrected chi connectivity index (χ4v) is 5.41. The van der Waals surface area contributed by atoms with Crippen LogP contribution in [0.1, 0.15) is 49.0 Å². The lowest BCUT2D eigenvalue weighted by Crippen LogP contribution is -2.16. The van der Waals surface area contributed by atoms with Crippen LogP contribution in [0.3, 0.4) is 0 Å². The van der Waals surface area contributed by atoms with Crippen LogP contribution in [0, 0.1) is 24.1 Å². The van der Waals surface area contributed by atoms with Crippen molar-refractivity contribution in [3.63, 3.8) is 0 Å². The number of rotatable bonds is 8. The zero-order valence-corrected chi connectivity index (χ0v) is 22.8. The lowest BCUT2D eigenvalue weighted by molar-refractivity contribution is 0.410. The van der Waals surface area contributed by atoms with E-state index in [4.69, 9.17) is 9.15 Å². The van der Waals surface area contributed by atoms with Crippen LogP contribution in [-0.4, -0.2) is 36.0 Å². The highest BCUT2D eigenvalue weighted by Gasteiger charge is 2.27. The molecule has 38 heavy (non-hydrogen) atoms. The molecule has 0 bridgehead atoms. The summed E-state index contributed by atoms with van der Waals surface area (Å²) in [4.78, 5) is 0. The fraction of sp³-hybridized carbons (Fsp3) is 0.321. The number of para-hydroxylation sites is 1. The largest absolute Gasteiger partial charge is 0.495 e. The maximum atomic E-state index is 13.5. The van der Waals surface area contributed by atoms with Crippen molar-refractivity contribution < 1.29 is 22.0 Å². The number of nitriles is 1. The minimum absolute atomic E-state index is 0.0628. The second-order valence-electron chi connectivity index (χ2n) is 10.1. The van der Waals surface area contributed by atoms with E-state index in [9.17, 15) is 18.1 Å². The van der Waals surface area contributed by atoms with E-state index < -0.39 is 21.4 Å². The van der Waals surface area contributed by atoms with Crippen LogP contribution in [0.5, 0.6) is 5.75 Å². The van der Waals surface area contributed by atoms with E-state index in [1.165, 1.54) is 12.1 Å². The van der Waals surface area contributed by atoms with Crippen LogP contribution in [0.2, 0.25) is 0 Å². The predicted octanol–water partition coefficient (Wildman–Crippen LogP) is 5.31. The number of halogens is 1. The van der Waals surface area contributed by atoms with Gasteiger partial charge in [-0.05, 0) is 54.8 Å². The molecule has 0 amide bonds. The standard InChI is InChI=1S/C28H29FN4O4S/c1-18-7-6-8-22(36-5)26(18)33-25(31-32-27(33)23-11-12-24(37-23)28(2,3)4)17-38(34,35)14-13-19-9-10-21(29)15-20(19)16-30/h6-12,15H,13-14,17H2,1-5H3. The van der Waals surface area contributed by atoms with Crippen molar-refractivity contribution in [3.05, 3.63) is 82.6 Å². The summed E-state index contributed by atoms with van der Waals surface area (Å²) in [5.74, 6) is 1.06. The zero-order chi connectivity index (χ0) is 27.7. The molecule has 2 aromatic carbocycles. The summed E-state index contributed by atoms with van der Waals surface area (Å²) in [6.45, 7) is 7.98. The van der Waals surface area contributed by atoms with Crippen LogP contribution in [0.25, 0.3) is 17.3 Å². The number of ether oxygens (including phenoxy) is 1. The highest BCUT2D eigenvalue weighted by Crippen LogP contribution is 2.34. The second kappa shape index (κ2) is 10.4. The summed E-state index contributed by atoms with van der Waals surface area (Å²) >= 11 is 0. The number of furan rings is 1. The normalized spacial score (nSPS) is 11.9. The van der Waals surface area contributed by atoms with Crippen molar-refractivity contribution in [3.8, 4) is 29.1 Å². The van der Waals surface area contributed by atoms with Gasteiger partial charge in [-0.1, -0.05) is 39.0 Å². The monoisotopic (exact) mass is 536 g/mol. The van der Waals surface area contributed by atoms with Crippen molar-refractivity contribution in [2.24, 2.45) is 0 Å². The fourth-order valence-electron chi connectivity index (χ4n) is 4.15. The summed E-state index contributed by atoms with van der Waals surface area (Å²) in [7, 11) is -2.18. The number of sulfone groups is 1. The summed E-state index contributed by atoms with van der Waals surface area (Å²) in [6.07, 6.45) is 0.0628. The van der Waals surface area contributed by atoms with Crippen LogP contribution >= 0.6 is 0 Å². The third-order valence-corrected chi connectivity index (χ3v) is 7.69. The first-order chi connectivity index (χ1) is 17.9. The molecule has 0 aliphatic carbocycles. The third kappa shape index (κ3) is 5.63. The molecule has 8 nitrogen and oxygen atoms in total. The zero-order valence-electron chi connectivity index (χ0n) is 21.9. The molecule has 0 radical (unpaired) electrons. The Bertz CT molecular complexity index is 1630. The number of aromatic nitrogens is 3. The molecular weight excluding hydrogens is 507 g/mol. The summed E-state index contributed by atoms with van der Waals surface area (Å²) < 4.78 is 53.4. The van der Waals surface area contributed by atoms with Gasteiger partial charge in [0.1, 0.15) is 23.1 Å². The Balaban J connectivity index is 1.76. The molecule has 0 N–H and O–H groups in total. The maximum Gasteiger partial charge on any atom is 0.204 e. The van der Waals surface area contributed by atoms with Gasteiger partial charge in [-0.2, -0.15) is 5.26 Å². The van der Waals surface area contributed by atoms with E-state index in [0.29, 0.717) is 28.6 Å². The van der Waals surface area contributed by atoms with Crippen LogP contribution in [0.4, 0.5) is 4.39 Å².